The van der Waals surface area contributed by atoms with Gasteiger partial charge >= 0.3 is 0 Å². The van der Waals surface area contributed by atoms with E-state index in [0.717, 1.165) is 23.6 Å². The Bertz CT molecular complexity index is 654. The highest BCUT2D eigenvalue weighted by Gasteiger charge is 2.09. The van der Waals surface area contributed by atoms with Crippen molar-refractivity contribution in [2.24, 2.45) is 0 Å². The highest BCUT2D eigenvalue weighted by Crippen LogP contribution is 2.22. The number of carbonyl (C=O) groups is 1. The van der Waals surface area contributed by atoms with E-state index in [1.807, 2.05) is 31.2 Å². The molecular formula is C15H21N5O2S. The smallest absolute Gasteiger partial charge is 0.259 e. The van der Waals surface area contributed by atoms with Crippen LogP contribution in [0.2, 0.25) is 0 Å². The molecule has 0 aliphatic rings. The molecule has 1 heterocycles. The molecule has 1 amide bonds. The lowest BCUT2D eigenvalue weighted by atomic mass is 10.2. The molecule has 7 nitrogen and oxygen atoms in total. The van der Waals surface area contributed by atoms with Gasteiger partial charge < -0.3 is 15.5 Å². The van der Waals surface area contributed by atoms with Gasteiger partial charge in [-0.05, 0) is 17.7 Å². The Morgan fingerprint density at radius 1 is 1.30 bits per heavy atom. The zero-order valence-corrected chi connectivity index (χ0v) is 14.3. The number of thioether (sulfide) groups is 1. The maximum atomic E-state index is 11.5. The first kappa shape index (κ1) is 17.1. The third-order valence-corrected chi connectivity index (χ3v) is 4.22. The Hall–Kier alpha value is -2.22. The van der Waals surface area contributed by atoms with E-state index in [-0.39, 0.29) is 12.5 Å². The van der Waals surface area contributed by atoms with Gasteiger partial charge in [-0.2, -0.15) is 0 Å². The van der Waals surface area contributed by atoms with E-state index in [0.29, 0.717) is 10.9 Å². The average molecular weight is 335 g/mol. The van der Waals surface area contributed by atoms with Crippen molar-refractivity contribution in [3.8, 4) is 5.75 Å². The number of benzene rings is 1. The van der Waals surface area contributed by atoms with E-state index in [4.69, 9.17) is 10.6 Å². The van der Waals surface area contributed by atoms with E-state index in [1.54, 1.807) is 14.1 Å². The second-order valence-electron chi connectivity index (χ2n) is 5.13. The van der Waals surface area contributed by atoms with Crippen LogP contribution in [0, 0.1) is 0 Å². The summed E-state index contributed by atoms with van der Waals surface area (Å²) < 4.78 is 6.96. The Morgan fingerprint density at radius 3 is 2.57 bits per heavy atom. The minimum absolute atomic E-state index is 0.0389. The summed E-state index contributed by atoms with van der Waals surface area (Å²) in [5, 5.41) is 8.79. The van der Waals surface area contributed by atoms with Crippen LogP contribution in [-0.2, 0) is 17.0 Å². The molecule has 0 bridgehead atoms. The molecule has 2 rings (SSSR count). The number of likely N-dealkylation sites (N-methyl/N-ethyl adjacent to an activating group) is 1. The number of hydrogen-bond donors (Lipinski definition) is 1. The molecule has 0 atom stereocenters. The number of aryl methyl sites for hydroxylation is 1. The first-order chi connectivity index (χ1) is 11.0. The van der Waals surface area contributed by atoms with Crippen LogP contribution < -0.4 is 10.6 Å². The first-order valence-electron chi connectivity index (χ1n) is 7.25. The van der Waals surface area contributed by atoms with E-state index in [9.17, 15) is 4.79 Å². The summed E-state index contributed by atoms with van der Waals surface area (Å²) in [6, 6.07) is 7.62. The van der Waals surface area contributed by atoms with Gasteiger partial charge in [-0.1, -0.05) is 30.8 Å². The fourth-order valence-corrected chi connectivity index (χ4v) is 2.58. The number of amides is 1. The highest BCUT2D eigenvalue weighted by atomic mass is 32.2. The van der Waals surface area contributed by atoms with Crippen molar-refractivity contribution in [1.82, 2.24) is 19.8 Å². The fourth-order valence-electron chi connectivity index (χ4n) is 1.75. The van der Waals surface area contributed by atoms with Crippen LogP contribution in [0.3, 0.4) is 0 Å². The van der Waals surface area contributed by atoms with Crippen molar-refractivity contribution < 1.29 is 9.53 Å². The molecule has 8 heteroatoms. The Morgan fingerprint density at radius 2 is 2.00 bits per heavy atom. The van der Waals surface area contributed by atoms with Crippen LogP contribution in [0.1, 0.15) is 18.3 Å². The van der Waals surface area contributed by atoms with Crippen LogP contribution in [0.5, 0.6) is 5.75 Å². The van der Waals surface area contributed by atoms with Gasteiger partial charge in [0.05, 0.1) is 0 Å². The Labute approximate surface area is 139 Å². The molecule has 23 heavy (non-hydrogen) atoms. The van der Waals surface area contributed by atoms with Gasteiger partial charge in [-0.15, -0.1) is 10.2 Å². The molecule has 0 aliphatic heterocycles. The number of carbonyl (C=O) groups excluding carboxylic acids is 1. The van der Waals surface area contributed by atoms with Crippen molar-refractivity contribution in [3.63, 3.8) is 0 Å². The van der Waals surface area contributed by atoms with Gasteiger partial charge in [0, 0.05) is 26.3 Å². The maximum Gasteiger partial charge on any atom is 0.259 e. The summed E-state index contributed by atoms with van der Waals surface area (Å²) in [7, 11) is 3.40. The van der Waals surface area contributed by atoms with E-state index in [1.165, 1.54) is 21.3 Å². The summed E-state index contributed by atoms with van der Waals surface area (Å²) in [6.07, 6.45) is 0.752. The second kappa shape index (κ2) is 7.87. The predicted molar refractivity (Wildman–Crippen MR) is 89.7 cm³/mol. The van der Waals surface area contributed by atoms with E-state index >= 15 is 0 Å². The maximum absolute atomic E-state index is 11.5. The zero-order valence-electron chi connectivity index (χ0n) is 13.5. The largest absolute Gasteiger partial charge is 0.484 e. The van der Waals surface area contributed by atoms with Crippen LogP contribution in [0.25, 0.3) is 0 Å². The molecule has 0 saturated carbocycles. The Kier molecular flexibility index (Phi) is 5.86. The Balaban J connectivity index is 1.87. The van der Waals surface area contributed by atoms with Gasteiger partial charge in [0.1, 0.15) is 5.75 Å². The van der Waals surface area contributed by atoms with Gasteiger partial charge in [0.15, 0.2) is 12.4 Å². The standard InChI is InChI=1S/C15H21N5O2S/c1-4-13-17-18-15(20(13)16)23-10-11-5-7-12(8-6-11)22-9-14(21)19(2)3/h5-8H,4,9-10,16H2,1-3H3. The molecular weight excluding hydrogens is 314 g/mol. The van der Waals surface area contributed by atoms with Gasteiger partial charge in [0.25, 0.3) is 5.91 Å². The molecule has 0 fully saturated rings. The lowest BCUT2D eigenvalue weighted by Gasteiger charge is -2.11. The monoisotopic (exact) mass is 335 g/mol. The van der Waals surface area contributed by atoms with Crippen LogP contribution in [-0.4, -0.2) is 46.4 Å². The number of nitrogen functional groups attached to an aromatic ring is 1. The lowest BCUT2D eigenvalue weighted by molar-refractivity contribution is -0.130. The number of nitrogens with two attached hydrogens (primary N) is 1. The van der Waals surface area contributed by atoms with Crippen LogP contribution in [0.4, 0.5) is 0 Å². The fraction of sp³-hybridized carbons (Fsp3) is 0.400. The molecule has 0 spiro atoms. The number of ether oxygens (including phenoxy) is 1. The second-order valence-corrected chi connectivity index (χ2v) is 6.07. The van der Waals surface area contributed by atoms with E-state index in [2.05, 4.69) is 10.2 Å². The number of aromatic nitrogens is 3. The van der Waals surface area contributed by atoms with Crippen molar-refractivity contribution in [2.75, 3.05) is 26.5 Å². The molecule has 0 radical (unpaired) electrons. The SMILES string of the molecule is CCc1nnc(SCc2ccc(OCC(=O)N(C)C)cc2)n1N. The molecule has 124 valence electrons. The third-order valence-electron chi connectivity index (χ3n) is 3.20. The minimum Gasteiger partial charge on any atom is -0.484 e. The molecule has 2 aromatic rings. The quantitative estimate of drug-likeness (QED) is 0.606. The summed E-state index contributed by atoms with van der Waals surface area (Å²) in [5.41, 5.74) is 1.11. The third kappa shape index (κ3) is 4.62. The molecule has 0 saturated heterocycles. The van der Waals surface area contributed by atoms with Crippen molar-refractivity contribution >= 4 is 17.7 Å². The zero-order chi connectivity index (χ0) is 16.8. The summed E-state index contributed by atoms with van der Waals surface area (Å²) in [5.74, 6) is 8.01. The molecule has 2 N–H and O–H groups in total. The molecule has 1 aromatic carbocycles. The number of rotatable bonds is 7. The topological polar surface area (TPSA) is 86.3 Å². The number of nitrogens with zero attached hydrogens (tertiary/aromatic N) is 4. The van der Waals surface area contributed by atoms with Crippen molar-refractivity contribution in [3.05, 3.63) is 35.7 Å². The first-order valence-corrected chi connectivity index (χ1v) is 8.24. The number of hydrogen-bond acceptors (Lipinski definition) is 6. The summed E-state index contributed by atoms with van der Waals surface area (Å²) in [6.45, 7) is 2.03. The molecule has 0 unspecified atom stereocenters. The van der Waals surface area contributed by atoms with Crippen LogP contribution >= 0.6 is 11.8 Å². The van der Waals surface area contributed by atoms with Gasteiger partial charge in [0.2, 0.25) is 5.16 Å². The van der Waals surface area contributed by atoms with Crippen molar-refractivity contribution in [2.45, 2.75) is 24.3 Å². The molecule has 0 aliphatic carbocycles. The van der Waals surface area contributed by atoms with Gasteiger partial charge in [-0.25, -0.2) is 4.68 Å². The lowest BCUT2D eigenvalue weighted by Crippen LogP contribution is -2.27. The minimum atomic E-state index is -0.0707. The van der Waals surface area contributed by atoms with E-state index < -0.39 is 0 Å². The predicted octanol–water partition coefficient (Wildman–Crippen LogP) is 1.31. The average Bonchev–Trinajstić information content (AvgIpc) is 2.91. The summed E-state index contributed by atoms with van der Waals surface area (Å²) in [4.78, 5) is 13.0. The normalized spacial score (nSPS) is 10.6. The van der Waals surface area contributed by atoms with Gasteiger partial charge in [-0.3, -0.25) is 4.79 Å². The summed E-state index contributed by atoms with van der Waals surface area (Å²) >= 11 is 1.53. The molecule has 1 aromatic heterocycles. The van der Waals surface area contributed by atoms with Crippen LogP contribution in [0.15, 0.2) is 29.4 Å². The van der Waals surface area contributed by atoms with Crippen molar-refractivity contribution in [1.29, 1.82) is 0 Å². The highest BCUT2D eigenvalue weighted by molar-refractivity contribution is 7.98.